The Bertz CT molecular complexity index is 524. The Morgan fingerprint density at radius 3 is 2.33 bits per heavy atom. The number of hydrogen-bond donors (Lipinski definition) is 1. The van der Waals surface area contributed by atoms with Gasteiger partial charge >= 0.3 is 5.97 Å². The molecule has 0 saturated carbocycles. The number of amides is 1. The van der Waals surface area contributed by atoms with E-state index in [1.165, 1.54) is 21.3 Å². The van der Waals surface area contributed by atoms with Gasteiger partial charge in [0, 0.05) is 19.1 Å². The number of carbonyl (C=O) groups is 2. The Morgan fingerprint density at radius 2 is 1.75 bits per heavy atom. The largest absolute Gasteiger partial charge is 0.467 e. The molecule has 0 aliphatic carbocycles. The molecule has 0 bridgehead atoms. The lowest BCUT2D eigenvalue weighted by Crippen LogP contribution is -2.54. The van der Waals surface area contributed by atoms with Crippen LogP contribution in [0.15, 0.2) is 5.11 Å². The van der Waals surface area contributed by atoms with Crippen molar-refractivity contribution in [1.29, 1.82) is 0 Å². The van der Waals surface area contributed by atoms with E-state index < -0.39 is 48.4 Å². The molecule has 2 saturated heterocycles. The quantitative estimate of drug-likeness (QED) is 0.286. The number of hydrogen-bond acceptors (Lipinski definition) is 8. The van der Waals surface area contributed by atoms with Gasteiger partial charge in [-0.05, 0) is 5.53 Å². The van der Waals surface area contributed by atoms with Gasteiger partial charge in [0.2, 0.25) is 5.91 Å². The summed E-state index contributed by atoms with van der Waals surface area (Å²) in [7, 11) is 4.11. The summed E-state index contributed by atoms with van der Waals surface area (Å²) in [5, 5.41) is 6.24. The minimum atomic E-state index is -1.03. The van der Waals surface area contributed by atoms with Crippen molar-refractivity contribution in [3.05, 3.63) is 10.4 Å². The highest BCUT2D eigenvalue weighted by molar-refractivity contribution is 5.84. The van der Waals surface area contributed by atoms with Crippen LogP contribution in [0.1, 0.15) is 0 Å². The maximum atomic E-state index is 12.5. The summed E-state index contributed by atoms with van der Waals surface area (Å²) >= 11 is 0. The third kappa shape index (κ3) is 3.60. The van der Waals surface area contributed by atoms with Gasteiger partial charge in [0.05, 0.1) is 32.5 Å². The molecule has 24 heavy (non-hydrogen) atoms. The van der Waals surface area contributed by atoms with Crippen LogP contribution >= 0.6 is 0 Å². The summed E-state index contributed by atoms with van der Waals surface area (Å²) in [5.74, 6) is -1.16. The van der Waals surface area contributed by atoms with Crippen LogP contribution in [0.4, 0.5) is 0 Å². The molecule has 0 aromatic carbocycles. The van der Waals surface area contributed by atoms with Crippen LogP contribution in [0.2, 0.25) is 0 Å². The van der Waals surface area contributed by atoms with Crippen molar-refractivity contribution in [2.45, 2.75) is 36.5 Å². The van der Waals surface area contributed by atoms with Crippen LogP contribution in [0.3, 0.4) is 0 Å². The normalized spacial score (nSPS) is 35.3. The number of nitrogens with zero attached hydrogens (tertiary/aromatic N) is 3. The second-order valence-corrected chi connectivity index (χ2v) is 5.31. The average Bonchev–Trinajstić information content (AvgIpc) is 3.18. The molecule has 0 radical (unpaired) electrons. The molecular weight excluding hydrogens is 324 g/mol. The predicted molar refractivity (Wildman–Crippen MR) is 78.0 cm³/mol. The second-order valence-electron chi connectivity index (χ2n) is 5.31. The van der Waals surface area contributed by atoms with Gasteiger partial charge < -0.3 is 29.0 Å². The fourth-order valence-corrected chi connectivity index (χ4v) is 2.78. The summed E-state index contributed by atoms with van der Waals surface area (Å²) < 4.78 is 25.8. The molecule has 0 spiro atoms. The zero-order valence-electron chi connectivity index (χ0n) is 13.6. The van der Waals surface area contributed by atoms with Gasteiger partial charge in [-0.3, -0.25) is 4.79 Å². The molecule has 0 aromatic rings. The van der Waals surface area contributed by atoms with Gasteiger partial charge in [-0.1, -0.05) is 5.11 Å². The Balaban J connectivity index is 2.11. The van der Waals surface area contributed by atoms with Crippen LogP contribution in [0, 0.1) is 0 Å². The molecular formula is C13H20N4O7. The zero-order valence-corrected chi connectivity index (χ0v) is 13.6. The van der Waals surface area contributed by atoms with Gasteiger partial charge in [-0.25, -0.2) is 4.79 Å². The lowest BCUT2D eigenvalue weighted by atomic mass is 10.1. The van der Waals surface area contributed by atoms with Crippen molar-refractivity contribution in [1.82, 2.24) is 5.32 Å². The molecule has 134 valence electrons. The van der Waals surface area contributed by atoms with E-state index in [0.717, 1.165) is 0 Å². The van der Waals surface area contributed by atoms with Gasteiger partial charge in [-0.2, -0.15) is 0 Å². The van der Waals surface area contributed by atoms with E-state index >= 15 is 0 Å². The monoisotopic (exact) mass is 344 g/mol. The molecule has 2 heterocycles. The minimum Gasteiger partial charge on any atom is -0.467 e. The van der Waals surface area contributed by atoms with E-state index in [1.54, 1.807) is 0 Å². The molecule has 1 amide bonds. The molecule has 2 rings (SSSR count). The number of carbonyl (C=O) groups excluding carboxylic acids is 2. The van der Waals surface area contributed by atoms with Crippen molar-refractivity contribution in [3.8, 4) is 0 Å². The molecule has 0 unspecified atom stereocenters. The van der Waals surface area contributed by atoms with E-state index in [4.69, 9.17) is 24.5 Å². The summed E-state index contributed by atoms with van der Waals surface area (Å²) in [5.41, 5.74) is 8.66. The Hall–Kier alpha value is -1.91. The van der Waals surface area contributed by atoms with Crippen molar-refractivity contribution in [3.63, 3.8) is 0 Å². The smallest absolute Gasteiger partial charge is 0.337 e. The maximum absolute atomic E-state index is 12.5. The number of esters is 1. The van der Waals surface area contributed by atoms with Crippen LogP contribution in [-0.2, 0) is 33.3 Å². The molecule has 2 aliphatic heterocycles. The minimum absolute atomic E-state index is 0.119. The summed E-state index contributed by atoms with van der Waals surface area (Å²) in [6, 6.07) is -1.55. The van der Waals surface area contributed by atoms with Gasteiger partial charge in [-0.15, -0.1) is 0 Å². The molecule has 1 N–H and O–H groups in total. The van der Waals surface area contributed by atoms with E-state index in [-0.39, 0.29) is 13.2 Å². The Kier molecular flexibility index (Phi) is 6.35. The molecule has 0 aromatic heterocycles. The highest BCUT2D eigenvalue weighted by Crippen LogP contribution is 2.23. The van der Waals surface area contributed by atoms with Crippen molar-refractivity contribution in [2.75, 3.05) is 34.5 Å². The predicted octanol–water partition coefficient (Wildman–Crippen LogP) is -0.849. The standard InChI is InChI=1S/C13H20N4O7/c1-20-6-4-24-11(13(19)22-3)8(6)15-12(18)10-9(16-17-14)7(21-2)5-23-10/h6-11H,4-5H2,1-3H3,(H,15,18)/t6-,7-,8-,9-,10+,11+/m0/s1. The highest BCUT2D eigenvalue weighted by Gasteiger charge is 2.47. The van der Waals surface area contributed by atoms with Crippen LogP contribution in [-0.4, -0.2) is 82.9 Å². The average molecular weight is 344 g/mol. The SMILES string of the molecule is COC(=O)[C@@H]1OC[C@H](OC)[C@@H]1NC(=O)[C@@H]1OC[C@H](OC)[C@@H]1N=[N+]=[N-]. The van der Waals surface area contributed by atoms with Crippen LogP contribution in [0.25, 0.3) is 10.4 Å². The van der Waals surface area contributed by atoms with Crippen molar-refractivity contribution >= 4 is 11.9 Å². The molecule has 2 aliphatic rings. The van der Waals surface area contributed by atoms with E-state index in [9.17, 15) is 9.59 Å². The Labute approximate surface area is 138 Å². The fourth-order valence-electron chi connectivity index (χ4n) is 2.78. The summed E-state index contributed by atoms with van der Waals surface area (Å²) in [4.78, 5) is 27.0. The summed E-state index contributed by atoms with van der Waals surface area (Å²) in [6.07, 6.45) is -3.05. The van der Waals surface area contributed by atoms with Crippen molar-refractivity contribution in [2.24, 2.45) is 5.11 Å². The number of methoxy groups -OCH3 is 3. The third-order valence-corrected chi connectivity index (χ3v) is 4.09. The third-order valence-electron chi connectivity index (χ3n) is 4.09. The fraction of sp³-hybridized carbons (Fsp3) is 0.846. The number of ether oxygens (including phenoxy) is 5. The van der Waals surface area contributed by atoms with E-state index in [1.807, 2.05) is 0 Å². The van der Waals surface area contributed by atoms with E-state index in [2.05, 4.69) is 20.1 Å². The first-order chi connectivity index (χ1) is 11.6. The first-order valence-electron chi connectivity index (χ1n) is 7.28. The second kappa shape index (κ2) is 8.27. The topological polar surface area (TPSA) is 141 Å². The first-order valence-corrected chi connectivity index (χ1v) is 7.28. The number of nitrogens with one attached hydrogen (secondary N) is 1. The summed E-state index contributed by atoms with van der Waals surface area (Å²) in [6.45, 7) is 0.251. The van der Waals surface area contributed by atoms with E-state index in [0.29, 0.717) is 0 Å². The molecule has 11 nitrogen and oxygen atoms in total. The van der Waals surface area contributed by atoms with Crippen molar-refractivity contribution < 1.29 is 33.3 Å². The van der Waals surface area contributed by atoms with Crippen LogP contribution in [0.5, 0.6) is 0 Å². The number of azide groups is 1. The van der Waals surface area contributed by atoms with Crippen LogP contribution < -0.4 is 5.32 Å². The molecule has 11 heteroatoms. The highest BCUT2D eigenvalue weighted by atomic mass is 16.6. The van der Waals surface area contributed by atoms with Gasteiger partial charge in [0.15, 0.2) is 6.10 Å². The number of rotatable bonds is 6. The Morgan fingerprint density at radius 1 is 1.12 bits per heavy atom. The zero-order chi connectivity index (χ0) is 17.7. The molecule has 6 atom stereocenters. The lowest BCUT2D eigenvalue weighted by molar-refractivity contribution is -0.152. The van der Waals surface area contributed by atoms with Gasteiger partial charge in [0.1, 0.15) is 18.2 Å². The van der Waals surface area contributed by atoms with Gasteiger partial charge in [0.25, 0.3) is 0 Å². The maximum Gasteiger partial charge on any atom is 0.337 e. The first kappa shape index (κ1) is 18.4. The molecule has 2 fully saturated rings. The lowest BCUT2D eigenvalue weighted by Gasteiger charge is -2.24.